The van der Waals surface area contributed by atoms with Crippen LogP contribution in [-0.2, 0) is 17.5 Å². The van der Waals surface area contributed by atoms with Crippen LogP contribution in [0, 0.1) is 6.92 Å². The van der Waals surface area contributed by atoms with Crippen molar-refractivity contribution in [3.63, 3.8) is 0 Å². The molecule has 1 saturated heterocycles. The first-order valence-electron chi connectivity index (χ1n) is 15.4. The van der Waals surface area contributed by atoms with Gasteiger partial charge in [-0.2, -0.15) is 31.4 Å². The van der Waals surface area contributed by atoms with E-state index in [4.69, 9.17) is 9.90 Å². The minimum Gasteiger partial charge on any atom is -0.475 e. The average Bonchev–Trinajstić information content (AvgIpc) is 3.57. The highest BCUT2D eigenvalue weighted by Gasteiger charge is 2.38. The molecule has 51 heavy (non-hydrogen) atoms. The molecule has 1 aromatic heterocycles. The Morgan fingerprint density at radius 1 is 0.863 bits per heavy atom. The fourth-order valence-corrected chi connectivity index (χ4v) is 5.32. The number of likely N-dealkylation sites (N-methyl/N-ethyl adjacent to an activating group) is 1. The molecule has 0 bridgehead atoms. The maximum Gasteiger partial charge on any atom is 0.490 e. The van der Waals surface area contributed by atoms with Crippen LogP contribution in [0.5, 0.6) is 0 Å². The summed E-state index contributed by atoms with van der Waals surface area (Å²) in [7, 11) is 0. The van der Waals surface area contributed by atoms with Gasteiger partial charge in [0.05, 0.1) is 11.3 Å². The van der Waals surface area contributed by atoms with Crippen LogP contribution in [0.4, 0.5) is 37.7 Å². The highest BCUT2D eigenvalue weighted by atomic mass is 79.9. The second-order valence-corrected chi connectivity index (χ2v) is 12.4. The quantitative estimate of drug-likeness (QED) is 0.137. The molecule has 4 N–H and O–H groups in total. The Bertz CT molecular complexity index is 1860. The number of carbonyl (C=O) groups is 3. The fourth-order valence-electron chi connectivity index (χ4n) is 5.06. The van der Waals surface area contributed by atoms with Crippen molar-refractivity contribution < 1.29 is 45.8 Å². The van der Waals surface area contributed by atoms with E-state index in [2.05, 4.69) is 48.6 Å². The minimum atomic E-state index is -5.08. The lowest BCUT2D eigenvalue weighted by Crippen LogP contribution is -2.45. The molecule has 0 atom stereocenters. The van der Waals surface area contributed by atoms with E-state index in [1.807, 2.05) is 29.2 Å². The van der Waals surface area contributed by atoms with Crippen molar-refractivity contribution in [2.75, 3.05) is 43.4 Å². The van der Waals surface area contributed by atoms with Crippen molar-refractivity contribution >= 4 is 45.1 Å². The number of H-pyrrole nitrogens is 1. The molecule has 0 unspecified atom stereocenters. The van der Waals surface area contributed by atoms with E-state index in [0.717, 1.165) is 35.7 Å². The van der Waals surface area contributed by atoms with E-state index in [9.17, 15) is 35.9 Å². The third-order valence-corrected chi connectivity index (χ3v) is 8.46. The first-order chi connectivity index (χ1) is 23.9. The molecule has 1 aliphatic heterocycles. The second-order valence-electron chi connectivity index (χ2n) is 11.5. The molecular weight excluding hydrogens is 750 g/mol. The summed E-state index contributed by atoms with van der Waals surface area (Å²) in [6.07, 6.45) is -9.66. The van der Waals surface area contributed by atoms with E-state index >= 15 is 0 Å². The van der Waals surface area contributed by atoms with Crippen LogP contribution in [0.3, 0.4) is 0 Å². The maximum atomic E-state index is 14.0. The lowest BCUT2D eigenvalue weighted by molar-refractivity contribution is -0.192. The summed E-state index contributed by atoms with van der Waals surface area (Å²) in [5.41, 5.74) is 2.34. The number of aliphatic carboxylic acids is 1. The number of nitrogens with zero attached hydrogens (tertiary/aromatic N) is 3. The summed E-state index contributed by atoms with van der Waals surface area (Å²) in [5.74, 6) is -3.81. The Hall–Kier alpha value is -4.74. The average molecular weight is 784 g/mol. The van der Waals surface area contributed by atoms with Gasteiger partial charge in [0, 0.05) is 59.7 Å². The number of amides is 2. The number of aromatic amines is 1. The highest BCUT2D eigenvalue weighted by molar-refractivity contribution is 9.10. The Morgan fingerprint density at radius 3 is 2.08 bits per heavy atom. The Labute approximate surface area is 297 Å². The number of carboxylic acids is 1. The molecule has 0 spiro atoms. The van der Waals surface area contributed by atoms with E-state index in [1.165, 1.54) is 18.2 Å². The summed E-state index contributed by atoms with van der Waals surface area (Å²) in [6, 6.07) is 17.7. The lowest BCUT2D eigenvalue weighted by atomic mass is 10.0. The number of aryl methyl sites for hydroxylation is 1. The number of hydrogen-bond acceptors (Lipinski definition) is 6. The molecule has 2 amide bonds. The highest BCUT2D eigenvalue weighted by Crippen LogP contribution is 2.35. The molecule has 10 nitrogen and oxygen atoms in total. The van der Waals surface area contributed by atoms with Gasteiger partial charge in [0.25, 0.3) is 11.8 Å². The van der Waals surface area contributed by atoms with Crippen molar-refractivity contribution in [1.29, 1.82) is 0 Å². The number of nitrogens with one attached hydrogen (secondary N) is 3. The molecule has 1 fully saturated rings. The number of piperazine rings is 1. The summed E-state index contributed by atoms with van der Waals surface area (Å²) >= 11 is 3.39. The van der Waals surface area contributed by atoms with Gasteiger partial charge >= 0.3 is 18.3 Å². The zero-order chi connectivity index (χ0) is 37.5. The number of anilines is 2. The fraction of sp³-hybridized carbons (Fsp3) is 0.294. The number of benzene rings is 3. The number of rotatable bonds is 8. The first kappa shape index (κ1) is 39.1. The van der Waals surface area contributed by atoms with Gasteiger partial charge < -0.3 is 20.6 Å². The number of aromatic nitrogens is 2. The zero-order valence-electron chi connectivity index (χ0n) is 27.3. The summed E-state index contributed by atoms with van der Waals surface area (Å²) in [5, 5.41) is 19.4. The van der Waals surface area contributed by atoms with Crippen molar-refractivity contribution in [2.45, 2.75) is 32.7 Å². The van der Waals surface area contributed by atoms with Gasteiger partial charge in [-0.05, 0) is 67.1 Å². The largest absolute Gasteiger partial charge is 0.490 e. The molecule has 2 heterocycles. The Kier molecular flexibility index (Phi) is 12.6. The van der Waals surface area contributed by atoms with Gasteiger partial charge in [-0.25, -0.2) is 4.79 Å². The van der Waals surface area contributed by atoms with E-state index in [0.29, 0.717) is 30.0 Å². The van der Waals surface area contributed by atoms with E-state index < -0.39 is 35.7 Å². The van der Waals surface area contributed by atoms with Gasteiger partial charge in [0.15, 0.2) is 0 Å². The van der Waals surface area contributed by atoms with Crippen molar-refractivity contribution in [1.82, 2.24) is 20.0 Å². The second kappa shape index (κ2) is 16.5. The maximum absolute atomic E-state index is 14.0. The molecule has 3 aromatic carbocycles. The van der Waals surface area contributed by atoms with Crippen molar-refractivity contribution in [2.24, 2.45) is 0 Å². The Morgan fingerprint density at radius 2 is 1.49 bits per heavy atom. The zero-order valence-corrected chi connectivity index (χ0v) is 28.8. The predicted molar refractivity (Wildman–Crippen MR) is 181 cm³/mol. The molecular formula is C34H33BrF6N6O4. The number of carboxylic acid groups (broad SMARTS) is 1. The van der Waals surface area contributed by atoms with E-state index in [1.54, 1.807) is 25.1 Å². The van der Waals surface area contributed by atoms with Crippen LogP contribution in [0.2, 0.25) is 0 Å². The monoisotopic (exact) mass is 782 g/mol. The van der Waals surface area contributed by atoms with Crippen molar-refractivity contribution in [3.8, 4) is 11.3 Å². The molecule has 0 aliphatic carbocycles. The molecule has 272 valence electrons. The molecule has 5 rings (SSSR count). The molecule has 4 aromatic rings. The third-order valence-electron chi connectivity index (χ3n) is 7.93. The van der Waals surface area contributed by atoms with E-state index in [-0.39, 0.29) is 29.1 Å². The molecule has 0 saturated carbocycles. The molecule has 1 aliphatic rings. The van der Waals surface area contributed by atoms with Gasteiger partial charge in [-0.15, -0.1) is 0 Å². The van der Waals surface area contributed by atoms with Gasteiger partial charge in [0.1, 0.15) is 5.69 Å². The molecule has 17 heteroatoms. The number of hydrogen-bond donors (Lipinski definition) is 4. The van der Waals surface area contributed by atoms with Crippen LogP contribution in [-0.4, -0.2) is 81.8 Å². The third kappa shape index (κ3) is 10.9. The van der Waals surface area contributed by atoms with Crippen molar-refractivity contribution in [3.05, 3.63) is 99.2 Å². The van der Waals surface area contributed by atoms with Crippen LogP contribution in [0.15, 0.2) is 71.2 Å². The van der Waals surface area contributed by atoms with Crippen LogP contribution < -0.4 is 10.6 Å². The van der Waals surface area contributed by atoms with Gasteiger partial charge in [-0.1, -0.05) is 47.1 Å². The minimum absolute atomic E-state index is 0.0333. The number of carbonyl (C=O) groups excluding carboxylic acids is 2. The SMILES string of the molecule is CCN1CCN(Cc2ccc(NC(=O)c3ccc(C)c(NC(=O)c4cc(-c5ccc(Br)cc5)n[nH]4)c3)cc2C(F)(F)F)CC1.O=C(O)C(F)(F)F. The smallest absolute Gasteiger partial charge is 0.475 e. The first-order valence-corrected chi connectivity index (χ1v) is 16.2. The number of halogens is 7. The van der Waals surface area contributed by atoms with Crippen LogP contribution >= 0.6 is 15.9 Å². The van der Waals surface area contributed by atoms with Crippen LogP contribution in [0.25, 0.3) is 11.3 Å². The normalized spacial score (nSPS) is 14.0. The predicted octanol–water partition coefficient (Wildman–Crippen LogP) is 7.44. The standard InChI is InChI=1S/C32H32BrF3N6O2.C2HF3O2/c1-3-41-12-14-42(15-13-41)19-23-8-11-25(17-26(23)32(34,35)36)37-30(43)22-5-4-20(2)27(16-22)38-31(44)29-18-28(39-40-29)21-6-9-24(33)10-7-21;3-2(4,5)1(6)7/h4-11,16-18H,3,12-15,19H2,1-2H3,(H,37,43)(H,38,44)(H,39,40);(H,6,7). The molecule has 0 radical (unpaired) electrons. The summed E-state index contributed by atoms with van der Waals surface area (Å²) in [4.78, 5) is 39.2. The Balaban J connectivity index is 0.000000755. The van der Waals surface area contributed by atoms with Crippen LogP contribution in [0.1, 0.15) is 44.5 Å². The van der Waals surface area contributed by atoms with Gasteiger partial charge in [0.2, 0.25) is 0 Å². The summed E-state index contributed by atoms with van der Waals surface area (Å²) in [6.45, 7) is 7.98. The number of alkyl halides is 6. The topological polar surface area (TPSA) is 131 Å². The lowest BCUT2D eigenvalue weighted by Gasteiger charge is -2.34. The van der Waals surface area contributed by atoms with Gasteiger partial charge in [-0.3, -0.25) is 19.6 Å². The summed E-state index contributed by atoms with van der Waals surface area (Å²) < 4.78 is 74.8.